The number of hydrogen-bond donors (Lipinski definition) is 0. The van der Waals surface area contributed by atoms with Gasteiger partial charge in [0.25, 0.3) is 0 Å². The van der Waals surface area contributed by atoms with E-state index in [9.17, 15) is 0 Å². The molecular weight excluding hydrogens is 416 g/mol. The Morgan fingerprint density at radius 2 is 1.32 bits per heavy atom. The van der Waals surface area contributed by atoms with Gasteiger partial charge in [-0.3, -0.25) is 4.57 Å². The number of nitrogens with zero attached hydrogens (tertiary/aromatic N) is 2. The van der Waals surface area contributed by atoms with Crippen LogP contribution in [0.1, 0.15) is 0 Å². The third-order valence-corrected chi connectivity index (χ3v) is 6.47. The number of hydrogen-bond acceptors (Lipinski definition) is 2. The SMILES string of the molecule is c1ccc(-c2cc(-c3ccccc3)nc(-n3c4ccccc4c4c5occc5ccc43)c2)cc1. The average molecular weight is 437 g/mol. The van der Waals surface area contributed by atoms with Crippen LogP contribution in [-0.2, 0) is 0 Å². The van der Waals surface area contributed by atoms with Crippen LogP contribution in [0.2, 0.25) is 0 Å². The smallest absolute Gasteiger partial charge is 0.143 e. The predicted octanol–water partition coefficient (Wildman–Crippen LogP) is 8.26. The first-order valence-electron chi connectivity index (χ1n) is 11.4. The molecule has 0 spiro atoms. The van der Waals surface area contributed by atoms with Crippen LogP contribution in [0.5, 0.6) is 0 Å². The van der Waals surface area contributed by atoms with Gasteiger partial charge in [-0.05, 0) is 47.5 Å². The van der Waals surface area contributed by atoms with Crippen molar-refractivity contribution in [2.75, 3.05) is 0 Å². The summed E-state index contributed by atoms with van der Waals surface area (Å²) in [6.45, 7) is 0. The van der Waals surface area contributed by atoms with Crippen LogP contribution in [0.15, 0.2) is 126 Å². The number of furan rings is 1. The van der Waals surface area contributed by atoms with Crippen LogP contribution in [0.4, 0.5) is 0 Å². The fourth-order valence-corrected chi connectivity index (χ4v) is 4.91. The summed E-state index contributed by atoms with van der Waals surface area (Å²) in [5.74, 6) is 0.886. The van der Waals surface area contributed by atoms with Gasteiger partial charge in [0.15, 0.2) is 0 Å². The maximum atomic E-state index is 5.94. The van der Waals surface area contributed by atoms with Crippen molar-refractivity contribution in [3.63, 3.8) is 0 Å². The Kier molecular flexibility index (Phi) is 4.15. The molecule has 0 amide bonds. The Hall–Kier alpha value is -4.63. The first kappa shape index (κ1) is 18.9. The molecule has 0 aliphatic rings. The van der Waals surface area contributed by atoms with Gasteiger partial charge in [0.1, 0.15) is 11.4 Å². The van der Waals surface area contributed by atoms with E-state index in [1.807, 2.05) is 18.2 Å². The number of benzene rings is 4. The van der Waals surface area contributed by atoms with E-state index in [2.05, 4.69) is 102 Å². The molecule has 0 fully saturated rings. The highest BCUT2D eigenvalue weighted by Gasteiger charge is 2.18. The number of aromatic nitrogens is 2. The van der Waals surface area contributed by atoms with Crippen LogP contribution >= 0.6 is 0 Å². The lowest BCUT2D eigenvalue weighted by Gasteiger charge is -2.13. The summed E-state index contributed by atoms with van der Waals surface area (Å²) in [7, 11) is 0. The third-order valence-electron chi connectivity index (χ3n) is 6.47. The molecule has 3 aromatic heterocycles. The van der Waals surface area contributed by atoms with Gasteiger partial charge in [-0.15, -0.1) is 0 Å². The molecule has 0 N–H and O–H groups in total. The standard InChI is InChI=1S/C31H20N2O/c1-3-9-21(10-4-1)24-19-26(22-11-5-2-6-12-22)32-29(20-24)33-27-14-8-7-13-25(27)30-28(33)16-15-23-17-18-34-31(23)30/h1-20H. The molecule has 3 heteroatoms. The van der Waals surface area contributed by atoms with Gasteiger partial charge in [-0.25, -0.2) is 4.98 Å². The quantitative estimate of drug-likeness (QED) is 0.279. The molecule has 4 aromatic carbocycles. The molecule has 3 nitrogen and oxygen atoms in total. The zero-order valence-corrected chi connectivity index (χ0v) is 18.3. The summed E-state index contributed by atoms with van der Waals surface area (Å²) >= 11 is 0. The van der Waals surface area contributed by atoms with Crippen molar-refractivity contribution >= 4 is 32.8 Å². The van der Waals surface area contributed by atoms with Crippen LogP contribution < -0.4 is 0 Å². The summed E-state index contributed by atoms with van der Waals surface area (Å²) in [4.78, 5) is 5.17. The molecule has 160 valence electrons. The topological polar surface area (TPSA) is 31.0 Å². The minimum Gasteiger partial charge on any atom is -0.464 e. The van der Waals surface area contributed by atoms with Gasteiger partial charge in [-0.2, -0.15) is 0 Å². The molecule has 7 rings (SSSR count). The van der Waals surface area contributed by atoms with E-state index in [0.29, 0.717) is 0 Å². The maximum absolute atomic E-state index is 5.94. The summed E-state index contributed by atoms with van der Waals surface area (Å²) in [5.41, 5.74) is 7.44. The van der Waals surface area contributed by atoms with Gasteiger partial charge in [0.2, 0.25) is 0 Å². The number of rotatable bonds is 3. The molecule has 0 bridgehead atoms. The molecule has 3 heterocycles. The number of para-hydroxylation sites is 1. The zero-order valence-electron chi connectivity index (χ0n) is 18.3. The average Bonchev–Trinajstić information content (AvgIpc) is 3.52. The first-order chi connectivity index (χ1) is 16.9. The predicted molar refractivity (Wildman–Crippen MR) is 139 cm³/mol. The molecule has 34 heavy (non-hydrogen) atoms. The lowest BCUT2D eigenvalue weighted by molar-refractivity contribution is 0.619. The van der Waals surface area contributed by atoms with E-state index in [-0.39, 0.29) is 0 Å². The van der Waals surface area contributed by atoms with E-state index in [4.69, 9.17) is 9.40 Å². The summed E-state index contributed by atoms with van der Waals surface area (Å²) in [5, 5.41) is 3.38. The van der Waals surface area contributed by atoms with E-state index in [0.717, 1.165) is 61.0 Å². The largest absolute Gasteiger partial charge is 0.464 e. The summed E-state index contributed by atoms with van der Waals surface area (Å²) < 4.78 is 8.20. The lowest BCUT2D eigenvalue weighted by atomic mass is 10.0. The van der Waals surface area contributed by atoms with Gasteiger partial charge < -0.3 is 4.42 Å². The van der Waals surface area contributed by atoms with Crippen LogP contribution in [0.25, 0.3) is 61.0 Å². The van der Waals surface area contributed by atoms with Crippen molar-refractivity contribution in [2.45, 2.75) is 0 Å². The Labute approximate surface area is 196 Å². The zero-order chi connectivity index (χ0) is 22.5. The second kappa shape index (κ2) is 7.46. The highest BCUT2D eigenvalue weighted by atomic mass is 16.3. The minimum absolute atomic E-state index is 0.886. The molecule has 7 aromatic rings. The van der Waals surface area contributed by atoms with Crippen molar-refractivity contribution in [1.82, 2.24) is 9.55 Å². The van der Waals surface area contributed by atoms with Crippen LogP contribution in [0, 0.1) is 0 Å². The van der Waals surface area contributed by atoms with E-state index < -0.39 is 0 Å². The van der Waals surface area contributed by atoms with Gasteiger partial charge in [-0.1, -0.05) is 78.9 Å². The van der Waals surface area contributed by atoms with E-state index in [1.165, 1.54) is 0 Å². The van der Waals surface area contributed by atoms with Gasteiger partial charge in [0.05, 0.1) is 28.4 Å². The Morgan fingerprint density at radius 3 is 2.15 bits per heavy atom. The second-order valence-corrected chi connectivity index (χ2v) is 8.48. The molecule has 0 unspecified atom stereocenters. The Morgan fingerprint density at radius 1 is 0.588 bits per heavy atom. The number of pyridine rings is 1. The van der Waals surface area contributed by atoms with E-state index in [1.54, 1.807) is 6.26 Å². The first-order valence-corrected chi connectivity index (χ1v) is 11.4. The Bertz CT molecular complexity index is 1740. The normalized spacial score (nSPS) is 11.5. The van der Waals surface area contributed by atoms with Crippen molar-refractivity contribution in [2.24, 2.45) is 0 Å². The summed E-state index contributed by atoms with van der Waals surface area (Å²) in [6, 6.07) is 40.0. The fraction of sp³-hybridized carbons (Fsp3) is 0. The van der Waals surface area contributed by atoms with Crippen molar-refractivity contribution in [1.29, 1.82) is 0 Å². The summed E-state index contributed by atoms with van der Waals surface area (Å²) in [6.07, 6.45) is 1.76. The van der Waals surface area contributed by atoms with Gasteiger partial charge >= 0.3 is 0 Å². The molecule has 0 aliphatic heterocycles. The monoisotopic (exact) mass is 436 g/mol. The molecule has 0 radical (unpaired) electrons. The maximum Gasteiger partial charge on any atom is 0.143 e. The highest BCUT2D eigenvalue weighted by molar-refractivity contribution is 6.19. The van der Waals surface area contributed by atoms with Crippen LogP contribution in [-0.4, -0.2) is 9.55 Å². The molecule has 0 saturated heterocycles. The molecular formula is C31H20N2O. The number of fused-ring (bicyclic) bond motifs is 5. The van der Waals surface area contributed by atoms with Crippen molar-refractivity contribution in [3.8, 4) is 28.2 Å². The van der Waals surface area contributed by atoms with Crippen molar-refractivity contribution < 1.29 is 4.42 Å². The third kappa shape index (κ3) is 2.87. The minimum atomic E-state index is 0.886. The van der Waals surface area contributed by atoms with Crippen molar-refractivity contribution in [3.05, 3.63) is 122 Å². The van der Waals surface area contributed by atoms with E-state index >= 15 is 0 Å². The molecule has 0 atom stereocenters. The Balaban J connectivity index is 1.59. The molecule has 0 aliphatic carbocycles. The van der Waals surface area contributed by atoms with Gasteiger partial charge in [0, 0.05) is 16.3 Å². The highest BCUT2D eigenvalue weighted by Crippen LogP contribution is 2.38. The van der Waals surface area contributed by atoms with Crippen LogP contribution in [0.3, 0.4) is 0 Å². The molecule has 0 saturated carbocycles. The fourth-order valence-electron chi connectivity index (χ4n) is 4.91. The lowest BCUT2D eigenvalue weighted by Crippen LogP contribution is -2.00. The second-order valence-electron chi connectivity index (χ2n) is 8.48.